The smallest absolute Gasteiger partial charge is 0.406 e. The van der Waals surface area contributed by atoms with E-state index in [2.05, 4.69) is 0 Å². The molecule has 3 nitrogen and oxygen atoms in total. The number of fused-ring (bicyclic) bond motifs is 1. The monoisotopic (exact) mass is 263 g/mol. The summed E-state index contributed by atoms with van der Waals surface area (Å²) in [7, 11) is 0. The van der Waals surface area contributed by atoms with Gasteiger partial charge in [-0.1, -0.05) is 0 Å². The van der Waals surface area contributed by atoms with Crippen molar-refractivity contribution in [3.05, 3.63) is 22.7 Å². The van der Waals surface area contributed by atoms with Crippen LogP contribution in [0.1, 0.15) is 15.4 Å². The van der Waals surface area contributed by atoms with Crippen molar-refractivity contribution >= 4 is 27.5 Å². The predicted octanol–water partition coefficient (Wildman–Crippen LogP) is 3.27. The van der Waals surface area contributed by atoms with Crippen LogP contribution >= 0.6 is 11.3 Å². The average molecular weight is 263 g/mol. The Morgan fingerprint density at radius 3 is 2.65 bits per heavy atom. The molecular weight excluding hydrogens is 255 g/mol. The molecular formula is C10H8F3NO2S. The number of carboxylic acid groups (broad SMARTS) is 1. The first kappa shape index (κ1) is 12.0. The summed E-state index contributed by atoms with van der Waals surface area (Å²) in [6.07, 6.45) is -4.44. The third-order valence-corrected chi connectivity index (χ3v) is 3.26. The van der Waals surface area contributed by atoms with Crippen LogP contribution < -0.4 is 0 Å². The largest absolute Gasteiger partial charge is 0.477 e. The lowest BCUT2D eigenvalue weighted by molar-refractivity contribution is -0.140. The Morgan fingerprint density at radius 2 is 2.12 bits per heavy atom. The second-order valence-electron chi connectivity index (χ2n) is 3.64. The lowest BCUT2D eigenvalue weighted by atomic mass is 10.4. The first-order valence-corrected chi connectivity index (χ1v) is 5.49. The SMILES string of the molecule is Cc1cc2c(cc(C(=O)O)n2CC(F)(F)F)s1. The lowest BCUT2D eigenvalue weighted by Gasteiger charge is -2.10. The Morgan fingerprint density at radius 1 is 1.47 bits per heavy atom. The van der Waals surface area contributed by atoms with E-state index < -0.39 is 18.7 Å². The Balaban J connectivity index is 2.61. The van der Waals surface area contributed by atoms with Gasteiger partial charge in [0.2, 0.25) is 0 Å². The summed E-state index contributed by atoms with van der Waals surface area (Å²) >= 11 is 1.28. The number of aromatic carboxylic acids is 1. The summed E-state index contributed by atoms with van der Waals surface area (Å²) in [6, 6.07) is 2.85. The summed E-state index contributed by atoms with van der Waals surface area (Å²) in [5.74, 6) is -1.35. The highest BCUT2D eigenvalue weighted by Crippen LogP contribution is 2.31. The number of hydrogen-bond acceptors (Lipinski definition) is 2. The van der Waals surface area contributed by atoms with Crippen molar-refractivity contribution in [2.24, 2.45) is 0 Å². The molecule has 0 aliphatic rings. The van der Waals surface area contributed by atoms with Gasteiger partial charge in [-0.2, -0.15) is 13.2 Å². The molecule has 0 atom stereocenters. The number of aromatic nitrogens is 1. The molecule has 92 valence electrons. The van der Waals surface area contributed by atoms with Crippen LogP contribution in [0, 0.1) is 6.92 Å². The van der Waals surface area contributed by atoms with Gasteiger partial charge in [0.25, 0.3) is 0 Å². The van der Waals surface area contributed by atoms with Gasteiger partial charge in [0, 0.05) is 4.88 Å². The van der Waals surface area contributed by atoms with Crippen LogP contribution in [0.3, 0.4) is 0 Å². The third-order valence-electron chi connectivity index (χ3n) is 2.27. The second-order valence-corrected chi connectivity index (χ2v) is 4.93. The molecule has 0 saturated carbocycles. The van der Waals surface area contributed by atoms with Crippen LogP contribution in [0.5, 0.6) is 0 Å². The van der Waals surface area contributed by atoms with Crippen molar-refractivity contribution in [3.8, 4) is 0 Å². The number of thiophene rings is 1. The fourth-order valence-corrected chi connectivity index (χ4v) is 2.65. The van der Waals surface area contributed by atoms with Gasteiger partial charge in [0.05, 0.1) is 10.2 Å². The standard InChI is InChI=1S/C10H8F3NO2S/c1-5-2-6-8(17-5)3-7(9(15)16)14(6)4-10(11,12)13/h2-3H,4H2,1H3,(H,15,16). The van der Waals surface area contributed by atoms with E-state index in [-0.39, 0.29) is 5.69 Å². The summed E-state index contributed by atoms with van der Waals surface area (Å²) in [5, 5.41) is 8.87. The maximum absolute atomic E-state index is 12.4. The van der Waals surface area contributed by atoms with Gasteiger partial charge in [-0.3, -0.25) is 0 Å². The van der Waals surface area contributed by atoms with Crippen LogP contribution in [0.15, 0.2) is 12.1 Å². The molecule has 2 aromatic heterocycles. The van der Waals surface area contributed by atoms with E-state index in [0.717, 1.165) is 9.44 Å². The molecule has 1 N–H and O–H groups in total. The van der Waals surface area contributed by atoms with Crippen molar-refractivity contribution in [1.82, 2.24) is 4.57 Å². The number of hydrogen-bond donors (Lipinski definition) is 1. The number of rotatable bonds is 2. The summed E-state index contributed by atoms with van der Waals surface area (Å²) in [6.45, 7) is 0.483. The first-order valence-electron chi connectivity index (χ1n) is 4.67. The van der Waals surface area contributed by atoms with Crippen LogP contribution in [0.4, 0.5) is 13.2 Å². The minimum atomic E-state index is -4.44. The molecule has 7 heteroatoms. The van der Waals surface area contributed by atoms with Gasteiger partial charge < -0.3 is 9.67 Å². The van der Waals surface area contributed by atoms with E-state index in [4.69, 9.17) is 5.11 Å². The zero-order chi connectivity index (χ0) is 12.8. The molecule has 0 saturated heterocycles. The Kier molecular flexibility index (Phi) is 2.65. The van der Waals surface area contributed by atoms with Crippen molar-refractivity contribution < 1.29 is 23.1 Å². The average Bonchev–Trinajstić information content (AvgIpc) is 2.62. The van der Waals surface area contributed by atoms with Crippen LogP contribution in [0.2, 0.25) is 0 Å². The lowest BCUT2D eigenvalue weighted by Crippen LogP contribution is -2.20. The number of carbonyl (C=O) groups is 1. The molecule has 2 rings (SSSR count). The number of aryl methyl sites for hydroxylation is 1. The van der Waals surface area contributed by atoms with Gasteiger partial charge in [0.1, 0.15) is 12.2 Å². The van der Waals surface area contributed by atoms with Gasteiger partial charge in [-0.05, 0) is 19.1 Å². The van der Waals surface area contributed by atoms with E-state index in [1.54, 1.807) is 13.0 Å². The number of nitrogens with zero attached hydrogens (tertiary/aromatic N) is 1. The molecule has 0 spiro atoms. The molecule has 17 heavy (non-hydrogen) atoms. The molecule has 0 aliphatic carbocycles. The summed E-state index contributed by atoms with van der Waals surface area (Å²) in [4.78, 5) is 11.7. The first-order chi connectivity index (χ1) is 7.78. The van der Waals surface area contributed by atoms with Gasteiger partial charge in [-0.25, -0.2) is 4.79 Å². The highest BCUT2D eigenvalue weighted by molar-refractivity contribution is 7.19. The Hall–Kier alpha value is -1.50. The minimum Gasteiger partial charge on any atom is -0.477 e. The molecule has 0 radical (unpaired) electrons. The topological polar surface area (TPSA) is 42.2 Å². The van der Waals surface area contributed by atoms with Gasteiger partial charge >= 0.3 is 12.1 Å². The number of alkyl halides is 3. The molecule has 0 aliphatic heterocycles. The maximum atomic E-state index is 12.4. The van der Waals surface area contributed by atoms with Gasteiger partial charge in [0.15, 0.2) is 0 Å². The molecule has 0 aromatic carbocycles. The van der Waals surface area contributed by atoms with Crippen molar-refractivity contribution in [1.29, 1.82) is 0 Å². The van der Waals surface area contributed by atoms with Crippen molar-refractivity contribution in [2.75, 3.05) is 0 Å². The normalized spacial score (nSPS) is 12.2. The fourth-order valence-electron chi connectivity index (χ4n) is 1.69. The van der Waals surface area contributed by atoms with E-state index in [9.17, 15) is 18.0 Å². The second kappa shape index (κ2) is 3.76. The summed E-state index contributed by atoms with van der Waals surface area (Å²) < 4.78 is 38.5. The molecule has 0 fully saturated rings. The predicted molar refractivity (Wildman–Crippen MR) is 57.6 cm³/mol. The molecule has 0 amide bonds. The fraction of sp³-hybridized carbons (Fsp3) is 0.300. The minimum absolute atomic E-state index is 0.322. The van der Waals surface area contributed by atoms with Crippen molar-refractivity contribution in [2.45, 2.75) is 19.6 Å². The van der Waals surface area contributed by atoms with E-state index in [1.165, 1.54) is 17.4 Å². The zero-order valence-corrected chi connectivity index (χ0v) is 9.52. The highest BCUT2D eigenvalue weighted by atomic mass is 32.1. The van der Waals surface area contributed by atoms with Crippen LogP contribution in [0.25, 0.3) is 10.2 Å². The molecule has 2 aromatic rings. The maximum Gasteiger partial charge on any atom is 0.406 e. The van der Waals surface area contributed by atoms with Gasteiger partial charge in [-0.15, -0.1) is 11.3 Å². The molecule has 0 unspecified atom stereocenters. The Labute approximate surface area is 98.1 Å². The number of carboxylic acids is 1. The van der Waals surface area contributed by atoms with E-state index in [1.807, 2.05) is 0 Å². The van der Waals surface area contributed by atoms with Crippen LogP contribution in [-0.4, -0.2) is 21.8 Å². The molecule has 2 heterocycles. The van der Waals surface area contributed by atoms with Crippen molar-refractivity contribution in [3.63, 3.8) is 0 Å². The quantitative estimate of drug-likeness (QED) is 0.903. The highest BCUT2D eigenvalue weighted by Gasteiger charge is 2.31. The Bertz CT molecular complexity index is 582. The van der Waals surface area contributed by atoms with E-state index in [0.29, 0.717) is 10.2 Å². The van der Waals surface area contributed by atoms with Crippen LogP contribution in [-0.2, 0) is 6.54 Å². The number of halogens is 3. The third kappa shape index (κ3) is 2.28. The van der Waals surface area contributed by atoms with E-state index >= 15 is 0 Å². The molecule has 0 bridgehead atoms. The summed E-state index contributed by atoms with van der Waals surface area (Å²) in [5.41, 5.74) is -0.00852. The zero-order valence-electron chi connectivity index (χ0n) is 8.71.